The van der Waals surface area contributed by atoms with Gasteiger partial charge in [-0.05, 0) is 24.6 Å². The van der Waals surface area contributed by atoms with Gasteiger partial charge in [0, 0.05) is 7.05 Å². The summed E-state index contributed by atoms with van der Waals surface area (Å²) in [4.78, 5) is 24.3. The van der Waals surface area contributed by atoms with Crippen molar-refractivity contribution < 1.29 is 14.7 Å². The molecule has 0 aromatic heterocycles. The Labute approximate surface area is 99.0 Å². The van der Waals surface area contributed by atoms with Gasteiger partial charge < -0.3 is 15.3 Å². The molecule has 0 fully saturated rings. The fourth-order valence-corrected chi connectivity index (χ4v) is 1.94. The summed E-state index contributed by atoms with van der Waals surface area (Å²) >= 11 is 0. The summed E-state index contributed by atoms with van der Waals surface area (Å²) in [5.74, 6) is -1.03. The minimum Gasteiger partial charge on any atom is -0.478 e. The van der Waals surface area contributed by atoms with Gasteiger partial charge in [0.25, 0.3) is 0 Å². The molecule has 5 nitrogen and oxygen atoms in total. The van der Waals surface area contributed by atoms with Crippen LogP contribution in [0.1, 0.15) is 23.7 Å². The zero-order valence-electron chi connectivity index (χ0n) is 9.73. The molecule has 2 rings (SSSR count). The van der Waals surface area contributed by atoms with Gasteiger partial charge in [-0.2, -0.15) is 0 Å². The fourth-order valence-electron chi connectivity index (χ4n) is 1.94. The molecule has 1 aliphatic heterocycles. The van der Waals surface area contributed by atoms with E-state index in [0.717, 1.165) is 5.69 Å². The van der Waals surface area contributed by atoms with Crippen LogP contribution in [-0.2, 0) is 4.79 Å². The Balaban J connectivity index is 2.46. The maximum atomic E-state index is 11.9. The Morgan fingerprint density at radius 2 is 2.24 bits per heavy atom. The van der Waals surface area contributed by atoms with Crippen LogP contribution in [0.3, 0.4) is 0 Å². The van der Waals surface area contributed by atoms with Gasteiger partial charge in [0.05, 0.1) is 16.9 Å². The Bertz CT molecular complexity index is 485. The maximum Gasteiger partial charge on any atom is 0.335 e. The molecule has 2 N–H and O–H groups in total. The van der Waals surface area contributed by atoms with Gasteiger partial charge in [0.2, 0.25) is 5.91 Å². The van der Waals surface area contributed by atoms with Gasteiger partial charge in [-0.15, -0.1) is 0 Å². The van der Waals surface area contributed by atoms with Gasteiger partial charge in [0.15, 0.2) is 0 Å². The van der Waals surface area contributed by atoms with Crippen molar-refractivity contribution in [1.29, 1.82) is 0 Å². The van der Waals surface area contributed by atoms with Crippen LogP contribution in [-0.4, -0.2) is 30.1 Å². The van der Waals surface area contributed by atoms with E-state index in [9.17, 15) is 9.59 Å². The lowest BCUT2D eigenvalue weighted by molar-refractivity contribution is -0.119. The number of nitrogens with zero attached hydrogens (tertiary/aromatic N) is 1. The first kappa shape index (κ1) is 11.4. The number of anilines is 2. The second kappa shape index (κ2) is 4.08. The van der Waals surface area contributed by atoms with Crippen molar-refractivity contribution in [1.82, 2.24) is 0 Å². The van der Waals surface area contributed by atoms with Crippen LogP contribution in [0.25, 0.3) is 0 Å². The first-order valence-corrected chi connectivity index (χ1v) is 5.46. The number of benzene rings is 1. The summed E-state index contributed by atoms with van der Waals surface area (Å²) in [7, 11) is 1.66. The van der Waals surface area contributed by atoms with Crippen LogP contribution in [0, 0.1) is 0 Å². The number of carboxylic acids is 1. The number of hydrogen-bond donors (Lipinski definition) is 2. The molecule has 1 heterocycles. The second-order valence-corrected chi connectivity index (χ2v) is 4.04. The first-order chi connectivity index (χ1) is 8.04. The Kier molecular flexibility index (Phi) is 2.75. The van der Waals surface area contributed by atoms with E-state index in [1.807, 2.05) is 6.92 Å². The van der Waals surface area contributed by atoms with E-state index in [1.54, 1.807) is 13.1 Å². The molecular weight excluding hydrogens is 220 g/mol. The number of rotatable bonds is 2. The smallest absolute Gasteiger partial charge is 0.335 e. The molecule has 17 heavy (non-hydrogen) atoms. The third-order valence-electron chi connectivity index (χ3n) is 2.97. The maximum absolute atomic E-state index is 11.9. The number of likely N-dealkylation sites (N-methyl/N-ethyl adjacent to an activating group) is 1. The molecule has 0 bridgehead atoms. The molecule has 0 aliphatic carbocycles. The molecular formula is C12H14N2O3. The quantitative estimate of drug-likeness (QED) is 0.814. The monoisotopic (exact) mass is 234 g/mol. The van der Waals surface area contributed by atoms with Crippen LogP contribution in [0.4, 0.5) is 11.4 Å². The van der Waals surface area contributed by atoms with Crippen molar-refractivity contribution in [2.45, 2.75) is 19.4 Å². The third-order valence-corrected chi connectivity index (χ3v) is 2.97. The lowest BCUT2D eigenvalue weighted by atomic mass is 10.1. The number of fused-ring (bicyclic) bond motifs is 1. The molecule has 0 spiro atoms. The van der Waals surface area contributed by atoms with E-state index in [4.69, 9.17) is 5.11 Å². The Morgan fingerprint density at radius 3 is 2.82 bits per heavy atom. The van der Waals surface area contributed by atoms with Crippen molar-refractivity contribution in [3.63, 3.8) is 0 Å². The average Bonchev–Trinajstić information content (AvgIpc) is 2.33. The predicted molar refractivity (Wildman–Crippen MR) is 64.5 cm³/mol. The van der Waals surface area contributed by atoms with E-state index < -0.39 is 5.97 Å². The number of carboxylic acid groups (broad SMARTS) is 1. The molecule has 0 radical (unpaired) electrons. The van der Waals surface area contributed by atoms with Crippen LogP contribution in [0.5, 0.6) is 0 Å². The Morgan fingerprint density at radius 1 is 1.53 bits per heavy atom. The molecule has 0 saturated heterocycles. The zero-order chi connectivity index (χ0) is 12.6. The van der Waals surface area contributed by atoms with E-state index in [0.29, 0.717) is 12.1 Å². The normalized spacial score (nSPS) is 18.6. The van der Waals surface area contributed by atoms with Crippen molar-refractivity contribution in [2.24, 2.45) is 0 Å². The molecule has 0 saturated carbocycles. The molecule has 1 atom stereocenters. The van der Waals surface area contributed by atoms with Crippen LogP contribution >= 0.6 is 0 Å². The van der Waals surface area contributed by atoms with E-state index >= 15 is 0 Å². The molecule has 1 aromatic carbocycles. The number of nitrogens with one attached hydrogen (secondary N) is 1. The van der Waals surface area contributed by atoms with Gasteiger partial charge in [-0.3, -0.25) is 4.79 Å². The summed E-state index contributed by atoms with van der Waals surface area (Å²) in [5, 5.41) is 12.0. The lowest BCUT2D eigenvalue weighted by Gasteiger charge is -2.32. The second-order valence-electron chi connectivity index (χ2n) is 4.04. The summed E-state index contributed by atoms with van der Waals surface area (Å²) in [6, 6.07) is 4.51. The van der Waals surface area contributed by atoms with E-state index in [-0.39, 0.29) is 17.5 Å². The molecule has 1 aliphatic rings. The standard InChI is InChI=1S/C12H14N2O3/c1-3-8-11(15)14(2)10-6-7(12(16)17)4-5-9(10)13-8/h4-6,8,13H,3H2,1-2H3,(H,16,17). The highest BCUT2D eigenvalue weighted by Gasteiger charge is 2.29. The minimum absolute atomic E-state index is 0.0393. The number of carbonyl (C=O) groups excluding carboxylic acids is 1. The molecule has 1 amide bonds. The van der Waals surface area contributed by atoms with Gasteiger partial charge in [-0.25, -0.2) is 4.79 Å². The summed E-state index contributed by atoms with van der Waals surface area (Å²) in [6.45, 7) is 1.93. The fraction of sp³-hybridized carbons (Fsp3) is 0.333. The van der Waals surface area contributed by atoms with E-state index in [2.05, 4.69) is 5.32 Å². The SMILES string of the molecule is CCC1Nc2ccc(C(=O)O)cc2N(C)C1=O. The molecule has 5 heteroatoms. The van der Waals surface area contributed by atoms with Crippen molar-refractivity contribution >= 4 is 23.3 Å². The van der Waals surface area contributed by atoms with Crippen LogP contribution < -0.4 is 10.2 Å². The molecule has 1 unspecified atom stereocenters. The zero-order valence-corrected chi connectivity index (χ0v) is 9.73. The van der Waals surface area contributed by atoms with Crippen LogP contribution in [0.15, 0.2) is 18.2 Å². The topological polar surface area (TPSA) is 69.6 Å². The minimum atomic E-state index is -0.994. The Hall–Kier alpha value is -2.04. The predicted octanol–water partition coefficient (Wildman–Crippen LogP) is 1.55. The highest BCUT2D eigenvalue weighted by molar-refractivity contribution is 6.05. The van der Waals surface area contributed by atoms with Crippen molar-refractivity contribution in [3.05, 3.63) is 23.8 Å². The third kappa shape index (κ3) is 1.84. The molecule has 90 valence electrons. The number of hydrogen-bond acceptors (Lipinski definition) is 3. The average molecular weight is 234 g/mol. The van der Waals surface area contributed by atoms with Gasteiger partial charge in [0.1, 0.15) is 6.04 Å². The molecule has 1 aromatic rings. The highest BCUT2D eigenvalue weighted by Crippen LogP contribution is 2.32. The highest BCUT2D eigenvalue weighted by atomic mass is 16.4. The summed E-state index contributed by atoms with van der Waals surface area (Å²) in [6.07, 6.45) is 0.698. The largest absolute Gasteiger partial charge is 0.478 e. The first-order valence-electron chi connectivity index (χ1n) is 5.46. The van der Waals surface area contributed by atoms with Gasteiger partial charge in [-0.1, -0.05) is 6.92 Å². The number of carbonyl (C=O) groups is 2. The van der Waals surface area contributed by atoms with Crippen molar-refractivity contribution in [2.75, 3.05) is 17.3 Å². The number of amides is 1. The van der Waals surface area contributed by atoms with Gasteiger partial charge >= 0.3 is 5.97 Å². The van der Waals surface area contributed by atoms with Crippen molar-refractivity contribution in [3.8, 4) is 0 Å². The summed E-state index contributed by atoms with van der Waals surface area (Å²) < 4.78 is 0. The summed E-state index contributed by atoms with van der Waals surface area (Å²) in [5.41, 5.74) is 1.59. The lowest BCUT2D eigenvalue weighted by Crippen LogP contribution is -2.44. The van der Waals surface area contributed by atoms with Crippen LogP contribution in [0.2, 0.25) is 0 Å². The number of aromatic carboxylic acids is 1. The van der Waals surface area contributed by atoms with E-state index in [1.165, 1.54) is 17.0 Å².